The second-order valence-corrected chi connectivity index (χ2v) is 11.1. The van der Waals surface area contributed by atoms with E-state index in [1.165, 1.54) is 42.3 Å². The fourth-order valence-corrected chi connectivity index (χ4v) is 6.56. The maximum absolute atomic E-state index is 13.1. The van der Waals surface area contributed by atoms with Crippen molar-refractivity contribution in [2.24, 2.45) is 0 Å². The van der Waals surface area contributed by atoms with Crippen molar-refractivity contribution in [2.75, 3.05) is 26.7 Å². The van der Waals surface area contributed by atoms with E-state index in [0.717, 1.165) is 31.5 Å². The molecule has 0 saturated carbocycles. The van der Waals surface area contributed by atoms with Crippen molar-refractivity contribution >= 4 is 15.9 Å². The molecule has 2 aliphatic rings. The van der Waals surface area contributed by atoms with Gasteiger partial charge < -0.3 is 10.1 Å². The van der Waals surface area contributed by atoms with Crippen molar-refractivity contribution in [3.8, 4) is 5.75 Å². The molecule has 1 amide bonds. The smallest absolute Gasteiger partial charge is 0.251 e. The van der Waals surface area contributed by atoms with Gasteiger partial charge in [-0.05, 0) is 68.5 Å². The molecule has 1 unspecified atom stereocenters. The Bertz CT molecular complexity index is 1110. The summed E-state index contributed by atoms with van der Waals surface area (Å²) in [6.07, 6.45) is 5.42. The Kier molecular flexibility index (Phi) is 7.91. The van der Waals surface area contributed by atoms with Crippen molar-refractivity contribution in [1.29, 1.82) is 0 Å². The number of benzene rings is 2. The lowest BCUT2D eigenvalue weighted by molar-refractivity contribution is 0.0950. The summed E-state index contributed by atoms with van der Waals surface area (Å²) >= 11 is 0. The average molecular weight is 486 g/mol. The lowest BCUT2D eigenvalue weighted by Crippen LogP contribution is -2.37. The molecule has 34 heavy (non-hydrogen) atoms. The zero-order valence-corrected chi connectivity index (χ0v) is 20.9. The summed E-state index contributed by atoms with van der Waals surface area (Å²) in [6.45, 7) is 5.62. The first-order valence-electron chi connectivity index (χ1n) is 12.2. The Morgan fingerprint density at radius 2 is 1.74 bits per heavy atom. The van der Waals surface area contributed by atoms with Gasteiger partial charge in [0, 0.05) is 37.8 Å². The molecule has 184 valence electrons. The van der Waals surface area contributed by atoms with Crippen LogP contribution in [0.4, 0.5) is 0 Å². The standard InChI is InChI=1S/C26H35N3O4S/c1-20-9-5-6-14-28(20)19-23-11-4-3-10-22(23)18-27-26(30)21-12-13-24(33-2)25(17-21)34(31,32)29-15-7-8-16-29/h3-4,10-13,17,20H,5-9,14-16,18-19H2,1-2H3,(H,27,30). The minimum atomic E-state index is -3.71. The number of carbonyl (C=O) groups is 1. The normalized spacial score (nSPS) is 19.8. The summed E-state index contributed by atoms with van der Waals surface area (Å²) in [6, 6.07) is 13.4. The summed E-state index contributed by atoms with van der Waals surface area (Å²) in [5.41, 5.74) is 2.59. The topological polar surface area (TPSA) is 79.0 Å². The monoisotopic (exact) mass is 485 g/mol. The SMILES string of the molecule is COc1ccc(C(=O)NCc2ccccc2CN2CCCCC2C)cc1S(=O)(=O)N1CCCC1. The molecule has 2 aromatic carbocycles. The van der Waals surface area contributed by atoms with E-state index in [9.17, 15) is 13.2 Å². The van der Waals surface area contributed by atoms with Crippen LogP contribution in [-0.2, 0) is 23.1 Å². The van der Waals surface area contributed by atoms with E-state index in [4.69, 9.17) is 4.74 Å². The highest BCUT2D eigenvalue weighted by Crippen LogP contribution is 2.30. The Hall–Kier alpha value is -2.42. The minimum Gasteiger partial charge on any atom is -0.495 e. The maximum Gasteiger partial charge on any atom is 0.251 e. The van der Waals surface area contributed by atoms with Gasteiger partial charge in [-0.15, -0.1) is 0 Å². The van der Waals surface area contributed by atoms with E-state index in [2.05, 4.69) is 23.2 Å². The molecule has 8 heteroatoms. The maximum atomic E-state index is 13.1. The van der Waals surface area contributed by atoms with Gasteiger partial charge in [-0.2, -0.15) is 4.31 Å². The van der Waals surface area contributed by atoms with Gasteiger partial charge in [0.2, 0.25) is 10.0 Å². The lowest BCUT2D eigenvalue weighted by Gasteiger charge is -2.33. The third kappa shape index (κ3) is 5.45. The number of piperidine rings is 1. The van der Waals surface area contributed by atoms with Crippen LogP contribution in [0, 0.1) is 0 Å². The Balaban J connectivity index is 1.49. The van der Waals surface area contributed by atoms with Crippen molar-refractivity contribution in [1.82, 2.24) is 14.5 Å². The van der Waals surface area contributed by atoms with Crippen LogP contribution in [0.2, 0.25) is 0 Å². The fraction of sp³-hybridized carbons (Fsp3) is 0.500. The molecule has 0 bridgehead atoms. The zero-order valence-electron chi connectivity index (χ0n) is 20.1. The molecule has 2 aliphatic heterocycles. The number of nitrogens with zero attached hydrogens (tertiary/aromatic N) is 2. The predicted octanol–water partition coefficient (Wildman–Crippen LogP) is 3.78. The van der Waals surface area contributed by atoms with Crippen LogP contribution in [0.25, 0.3) is 0 Å². The summed E-state index contributed by atoms with van der Waals surface area (Å²) in [4.78, 5) is 15.5. The van der Waals surface area contributed by atoms with E-state index >= 15 is 0 Å². The molecule has 4 rings (SSSR count). The predicted molar refractivity (Wildman–Crippen MR) is 132 cm³/mol. The molecule has 2 aromatic rings. The van der Waals surface area contributed by atoms with E-state index in [0.29, 0.717) is 31.2 Å². The number of methoxy groups -OCH3 is 1. The lowest BCUT2D eigenvalue weighted by atomic mass is 10.0. The Morgan fingerprint density at radius 3 is 2.44 bits per heavy atom. The van der Waals surface area contributed by atoms with Crippen LogP contribution >= 0.6 is 0 Å². The van der Waals surface area contributed by atoms with Crippen LogP contribution in [0.1, 0.15) is 60.5 Å². The molecule has 0 radical (unpaired) electrons. The quantitative estimate of drug-likeness (QED) is 0.616. The van der Waals surface area contributed by atoms with Gasteiger partial charge in [0.25, 0.3) is 5.91 Å². The number of hydrogen-bond donors (Lipinski definition) is 1. The highest BCUT2D eigenvalue weighted by Gasteiger charge is 2.30. The van der Waals surface area contributed by atoms with Gasteiger partial charge in [-0.3, -0.25) is 9.69 Å². The summed E-state index contributed by atoms with van der Waals surface area (Å²) < 4.78 is 33.0. The van der Waals surface area contributed by atoms with Crippen LogP contribution < -0.4 is 10.1 Å². The van der Waals surface area contributed by atoms with Crippen molar-refractivity contribution < 1.29 is 17.9 Å². The van der Waals surface area contributed by atoms with Gasteiger partial charge in [0.05, 0.1) is 7.11 Å². The molecule has 7 nitrogen and oxygen atoms in total. The summed E-state index contributed by atoms with van der Waals surface area (Å²) in [7, 11) is -2.27. The number of sulfonamides is 1. The van der Waals surface area contributed by atoms with Crippen molar-refractivity contribution in [3.63, 3.8) is 0 Å². The highest BCUT2D eigenvalue weighted by atomic mass is 32.2. The third-order valence-corrected chi connectivity index (χ3v) is 8.90. The largest absolute Gasteiger partial charge is 0.495 e. The minimum absolute atomic E-state index is 0.0454. The van der Waals surface area contributed by atoms with Gasteiger partial charge >= 0.3 is 0 Å². The van der Waals surface area contributed by atoms with Crippen molar-refractivity contribution in [3.05, 3.63) is 59.2 Å². The van der Waals surface area contributed by atoms with E-state index < -0.39 is 10.0 Å². The molecule has 1 N–H and O–H groups in total. The Labute approximate surface area is 203 Å². The van der Waals surface area contributed by atoms with Gasteiger partial charge in [0.15, 0.2) is 0 Å². The number of likely N-dealkylation sites (tertiary alicyclic amines) is 1. The summed E-state index contributed by atoms with van der Waals surface area (Å²) in [5, 5.41) is 2.98. The highest BCUT2D eigenvalue weighted by molar-refractivity contribution is 7.89. The van der Waals surface area contributed by atoms with E-state index in [1.807, 2.05) is 18.2 Å². The average Bonchev–Trinajstić information content (AvgIpc) is 3.40. The number of hydrogen-bond acceptors (Lipinski definition) is 5. The third-order valence-electron chi connectivity index (χ3n) is 6.98. The van der Waals surface area contributed by atoms with Crippen LogP contribution in [0.3, 0.4) is 0 Å². The van der Waals surface area contributed by atoms with Crippen LogP contribution in [0.5, 0.6) is 5.75 Å². The molecular formula is C26H35N3O4S. The van der Waals surface area contributed by atoms with E-state index in [1.54, 1.807) is 12.1 Å². The van der Waals surface area contributed by atoms with E-state index in [-0.39, 0.29) is 16.6 Å². The summed E-state index contributed by atoms with van der Waals surface area (Å²) in [5.74, 6) is -0.0499. The fourth-order valence-electron chi connectivity index (χ4n) is 4.86. The second kappa shape index (κ2) is 10.9. The first-order chi connectivity index (χ1) is 16.4. The number of carbonyl (C=O) groups excluding carboxylic acids is 1. The number of amides is 1. The molecule has 0 aliphatic carbocycles. The Morgan fingerprint density at radius 1 is 1.03 bits per heavy atom. The van der Waals surface area contributed by atoms with Crippen LogP contribution in [0.15, 0.2) is 47.4 Å². The zero-order chi connectivity index (χ0) is 24.1. The first kappa shape index (κ1) is 24.7. The molecule has 0 spiro atoms. The molecule has 0 aromatic heterocycles. The van der Waals surface area contributed by atoms with Crippen molar-refractivity contribution in [2.45, 2.75) is 63.1 Å². The van der Waals surface area contributed by atoms with Gasteiger partial charge in [-0.25, -0.2) is 8.42 Å². The van der Waals surface area contributed by atoms with Gasteiger partial charge in [-0.1, -0.05) is 30.7 Å². The molecule has 2 fully saturated rings. The second-order valence-electron chi connectivity index (χ2n) is 9.24. The first-order valence-corrected chi connectivity index (χ1v) is 13.6. The van der Waals surface area contributed by atoms with Gasteiger partial charge in [0.1, 0.15) is 10.6 Å². The molecular weight excluding hydrogens is 450 g/mol. The number of ether oxygens (including phenoxy) is 1. The van der Waals surface area contributed by atoms with Crippen LogP contribution in [-0.4, -0.2) is 56.3 Å². The molecule has 1 atom stereocenters. The number of rotatable bonds is 8. The molecule has 2 saturated heterocycles. The number of nitrogens with one attached hydrogen (secondary N) is 1. The molecule has 2 heterocycles.